The molecule has 0 amide bonds. The number of rotatable bonds is 5. The summed E-state index contributed by atoms with van der Waals surface area (Å²) in [5.74, 6) is 21.6. The van der Waals surface area contributed by atoms with Crippen LogP contribution in [0.15, 0.2) is 177 Å². The molecule has 0 unspecified atom stereocenters. The maximum Gasteiger partial charge on any atom is 0.330 e. The van der Waals surface area contributed by atoms with Crippen molar-refractivity contribution in [2.75, 3.05) is 13.2 Å². The third-order valence-electron chi connectivity index (χ3n) is 5.77. The largest absolute Gasteiger partial charge is 0.459 e. The van der Waals surface area contributed by atoms with Crippen LogP contribution in [0.2, 0.25) is 0 Å². The molecular formula is C49H40O4. The molecule has 0 aliphatic heterocycles. The molecule has 4 nitrogen and oxygen atoms in total. The topological polar surface area (TPSA) is 52.6 Å². The van der Waals surface area contributed by atoms with E-state index in [4.69, 9.17) is 6.42 Å². The number of carbonyl (C=O) groups excluding carboxylic acids is 2. The second kappa shape index (κ2) is 30.4. The Labute approximate surface area is 315 Å². The van der Waals surface area contributed by atoms with Crippen LogP contribution in [0.5, 0.6) is 0 Å². The minimum absolute atomic E-state index is 0.0322. The normalized spacial score (nSPS) is 8.06. The van der Waals surface area contributed by atoms with Crippen LogP contribution in [0, 0.1) is 60.2 Å². The number of benzene rings is 5. The van der Waals surface area contributed by atoms with Crippen molar-refractivity contribution in [3.63, 3.8) is 0 Å². The van der Waals surface area contributed by atoms with Crippen molar-refractivity contribution < 1.29 is 19.1 Å². The average molecular weight is 693 g/mol. The number of hydrogen-bond acceptors (Lipinski definition) is 4. The first-order valence-corrected chi connectivity index (χ1v) is 16.2. The van der Waals surface area contributed by atoms with Gasteiger partial charge in [0.1, 0.15) is 13.2 Å². The summed E-state index contributed by atoms with van der Waals surface area (Å²) >= 11 is 0. The Balaban J connectivity index is 0.000000352. The van der Waals surface area contributed by atoms with Gasteiger partial charge in [0.25, 0.3) is 0 Å². The summed E-state index contributed by atoms with van der Waals surface area (Å²) in [7, 11) is 0. The first-order valence-electron chi connectivity index (χ1n) is 16.2. The summed E-state index contributed by atoms with van der Waals surface area (Å²) < 4.78 is 9.04. The van der Waals surface area contributed by atoms with Crippen LogP contribution in [0.1, 0.15) is 34.7 Å². The molecule has 5 aromatic carbocycles. The Bertz CT molecular complexity index is 1930. The molecule has 5 rings (SSSR count). The summed E-state index contributed by atoms with van der Waals surface area (Å²) in [6, 6.07) is 49.3. The summed E-state index contributed by atoms with van der Waals surface area (Å²) in [4.78, 5) is 20.9. The second-order valence-electron chi connectivity index (χ2n) is 9.76. The van der Waals surface area contributed by atoms with Crippen LogP contribution in [0.3, 0.4) is 0 Å². The Kier molecular flexibility index (Phi) is 24.8. The van der Waals surface area contributed by atoms with E-state index in [9.17, 15) is 9.59 Å². The molecular weight excluding hydrogens is 653 g/mol. The molecule has 53 heavy (non-hydrogen) atoms. The van der Waals surface area contributed by atoms with Crippen LogP contribution in [0.25, 0.3) is 0 Å². The van der Waals surface area contributed by atoms with Crippen molar-refractivity contribution in [2.24, 2.45) is 0 Å². The molecule has 0 fully saturated rings. The van der Waals surface area contributed by atoms with Crippen molar-refractivity contribution in [3.05, 3.63) is 205 Å². The van der Waals surface area contributed by atoms with Crippen molar-refractivity contribution in [1.82, 2.24) is 0 Å². The summed E-state index contributed by atoms with van der Waals surface area (Å²) in [5, 5.41) is 0. The van der Waals surface area contributed by atoms with Crippen molar-refractivity contribution in [1.29, 1.82) is 0 Å². The zero-order valence-electron chi connectivity index (χ0n) is 29.7. The number of terminal acetylenes is 2. The highest BCUT2D eigenvalue weighted by atomic mass is 16.6. The lowest BCUT2D eigenvalue weighted by Crippen LogP contribution is -2.10. The number of carbonyl (C=O) groups is 2. The predicted molar refractivity (Wildman–Crippen MR) is 217 cm³/mol. The smallest absolute Gasteiger partial charge is 0.330 e. The molecule has 0 spiro atoms. The lowest BCUT2D eigenvalue weighted by Gasteiger charge is -2.01. The summed E-state index contributed by atoms with van der Waals surface area (Å²) in [5.41, 5.74) is 5.02. The van der Waals surface area contributed by atoms with Crippen molar-refractivity contribution in [2.45, 2.75) is 6.92 Å². The van der Waals surface area contributed by atoms with Gasteiger partial charge in [-0.2, -0.15) is 0 Å². The lowest BCUT2D eigenvalue weighted by molar-refractivity contribution is -0.146. The van der Waals surface area contributed by atoms with E-state index in [1.54, 1.807) is 6.92 Å². The van der Waals surface area contributed by atoms with E-state index in [1.165, 1.54) is 0 Å². The van der Waals surface area contributed by atoms with Crippen LogP contribution in [-0.4, -0.2) is 25.2 Å². The number of esters is 2. The maximum absolute atomic E-state index is 10.4. The zero-order valence-corrected chi connectivity index (χ0v) is 29.7. The monoisotopic (exact) mass is 692 g/mol. The van der Waals surface area contributed by atoms with Gasteiger partial charge in [-0.05, 0) is 79.4 Å². The van der Waals surface area contributed by atoms with Crippen molar-refractivity contribution in [3.8, 4) is 60.2 Å². The quantitative estimate of drug-likeness (QED) is 0.0799. The van der Waals surface area contributed by atoms with Gasteiger partial charge in [0.15, 0.2) is 0 Å². The third-order valence-corrected chi connectivity index (χ3v) is 5.77. The molecule has 0 saturated carbocycles. The van der Waals surface area contributed by atoms with Gasteiger partial charge in [-0.25, -0.2) is 9.59 Å². The SMILES string of the molecule is C#CC.C#Cc1ccccc1.C(#Cc1ccccc1)c1ccccc1.C(C#Cc1ccccc1)#Cc1ccccc1.C=CC(=O)OCCOC(=O)C=C. The Morgan fingerprint density at radius 1 is 0.491 bits per heavy atom. The third kappa shape index (κ3) is 24.2. The van der Waals surface area contributed by atoms with E-state index in [2.05, 4.69) is 76.4 Å². The van der Waals surface area contributed by atoms with Gasteiger partial charge in [0.2, 0.25) is 0 Å². The second-order valence-corrected chi connectivity index (χ2v) is 9.76. The molecule has 0 heterocycles. The van der Waals surface area contributed by atoms with Gasteiger partial charge < -0.3 is 9.47 Å². The summed E-state index contributed by atoms with van der Waals surface area (Å²) in [6.45, 7) is 8.10. The highest BCUT2D eigenvalue weighted by Gasteiger charge is 1.97. The first-order chi connectivity index (χ1) is 25.9. The van der Waals surface area contributed by atoms with Gasteiger partial charge in [0.05, 0.1) is 0 Å². The van der Waals surface area contributed by atoms with Crippen LogP contribution in [0.4, 0.5) is 0 Å². The van der Waals surface area contributed by atoms with Gasteiger partial charge in [-0.1, -0.05) is 134 Å². The minimum Gasteiger partial charge on any atom is -0.459 e. The van der Waals surface area contributed by atoms with Crippen LogP contribution in [-0.2, 0) is 19.1 Å². The zero-order chi connectivity index (χ0) is 38.6. The van der Waals surface area contributed by atoms with Crippen LogP contribution >= 0.6 is 0 Å². The van der Waals surface area contributed by atoms with Gasteiger partial charge in [-0.15, -0.1) is 18.8 Å². The molecule has 4 heteroatoms. The van der Waals surface area contributed by atoms with E-state index in [1.807, 2.05) is 152 Å². The van der Waals surface area contributed by atoms with Crippen molar-refractivity contribution >= 4 is 11.9 Å². The van der Waals surface area contributed by atoms with E-state index < -0.39 is 11.9 Å². The Hall–Kier alpha value is -7.68. The fourth-order valence-electron chi connectivity index (χ4n) is 3.37. The fourth-order valence-corrected chi connectivity index (χ4v) is 3.37. The van der Waals surface area contributed by atoms with Gasteiger partial charge in [-0.3, -0.25) is 0 Å². The van der Waals surface area contributed by atoms with Gasteiger partial charge in [0, 0.05) is 40.0 Å². The molecule has 5 aromatic rings. The minimum atomic E-state index is -0.537. The first kappa shape index (κ1) is 43.3. The molecule has 0 aliphatic carbocycles. The van der Waals surface area contributed by atoms with E-state index in [-0.39, 0.29) is 13.2 Å². The number of ether oxygens (including phenoxy) is 2. The Morgan fingerprint density at radius 2 is 0.736 bits per heavy atom. The molecule has 0 atom stereocenters. The molecule has 0 radical (unpaired) electrons. The molecule has 0 aliphatic rings. The number of hydrogen-bond donors (Lipinski definition) is 0. The lowest BCUT2D eigenvalue weighted by atomic mass is 10.2. The standard InChI is InChI=1S/C16H10.C14H10.C8H10O4.C8H6.C3H4/c1-3-9-15(10-4-1)13-7-8-14-16-11-5-2-6-12-16;1-3-7-13(8-4-1)11-12-14-9-5-2-6-10-14;1-3-7(9)11-5-6-12-8(10)4-2;1-2-8-6-4-3-5-7-8;1-3-2/h1-6,9-12H;1-10H;3-4H,1-2,5-6H2;1,3-7H;1H,2H3. The highest BCUT2D eigenvalue weighted by Crippen LogP contribution is 1.99. The molecule has 0 N–H and O–H groups in total. The molecule has 0 bridgehead atoms. The Morgan fingerprint density at radius 3 is 0.962 bits per heavy atom. The van der Waals surface area contributed by atoms with E-state index in [0.29, 0.717) is 0 Å². The average Bonchev–Trinajstić information content (AvgIpc) is 3.23. The highest BCUT2D eigenvalue weighted by molar-refractivity contribution is 5.81. The molecule has 0 aromatic heterocycles. The fraction of sp³-hybridized carbons (Fsp3) is 0.0612. The molecule has 260 valence electrons. The predicted octanol–water partition coefficient (Wildman–Crippen LogP) is 8.93. The van der Waals surface area contributed by atoms with Crippen LogP contribution < -0.4 is 0 Å². The summed E-state index contributed by atoms with van der Waals surface area (Å²) in [6.07, 6.45) is 11.8. The molecule has 0 saturated heterocycles. The van der Waals surface area contributed by atoms with Gasteiger partial charge >= 0.3 is 11.9 Å². The maximum atomic E-state index is 10.4. The van der Waals surface area contributed by atoms with E-state index >= 15 is 0 Å². The van der Waals surface area contributed by atoms with E-state index in [0.717, 1.165) is 40.0 Å².